The lowest BCUT2D eigenvalue weighted by molar-refractivity contribution is 0.415. The first kappa shape index (κ1) is 12.2. The molecule has 2 N–H and O–H groups in total. The Kier molecular flexibility index (Phi) is 3.00. The van der Waals surface area contributed by atoms with Crippen LogP contribution < -0.4 is 10.5 Å². The SMILES string of the molecule is COc1cccc(-c2csc3nc(C)c(CN)n23)c1. The molecule has 0 saturated carbocycles. The molecular weight excluding hydrogens is 258 g/mol. The van der Waals surface area contributed by atoms with E-state index in [2.05, 4.69) is 20.8 Å². The van der Waals surface area contributed by atoms with Crippen LogP contribution in [0.25, 0.3) is 16.2 Å². The third kappa shape index (κ3) is 1.91. The van der Waals surface area contributed by atoms with E-state index < -0.39 is 0 Å². The molecule has 0 aliphatic carbocycles. The molecular formula is C14H15N3OS. The van der Waals surface area contributed by atoms with Crippen LogP contribution in [0.1, 0.15) is 11.4 Å². The number of ether oxygens (including phenoxy) is 1. The average Bonchev–Trinajstić information content (AvgIpc) is 2.96. The zero-order valence-electron chi connectivity index (χ0n) is 10.9. The van der Waals surface area contributed by atoms with Crippen LogP contribution in [0.2, 0.25) is 0 Å². The summed E-state index contributed by atoms with van der Waals surface area (Å²) in [4.78, 5) is 5.53. The molecule has 0 saturated heterocycles. The fourth-order valence-electron chi connectivity index (χ4n) is 2.24. The number of rotatable bonds is 3. The van der Waals surface area contributed by atoms with Crippen molar-refractivity contribution >= 4 is 16.3 Å². The van der Waals surface area contributed by atoms with E-state index in [1.807, 2.05) is 25.1 Å². The molecule has 0 radical (unpaired) electrons. The third-order valence-corrected chi connectivity index (χ3v) is 4.04. The van der Waals surface area contributed by atoms with Crippen LogP contribution in [0, 0.1) is 6.92 Å². The standard InChI is InChI=1S/C14H15N3OS/c1-9-12(7-15)17-13(8-19-14(17)16-9)10-4-3-5-11(6-10)18-2/h3-6,8H,7,15H2,1-2H3. The molecule has 2 aromatic heterocycles. The molecule has 19 heavy (non-hydrogen) atoms. The van der Waals surface area contributed by atoms with E-state index >= 15 is 0 Å². The quantitative estimate of drug-likeness (QED) is 0.798. The molecule has 5 heteroatoms. The summed E-state index contributed by atoms with van der Waals surface area (Å²) in [5, 5.41) is 2.11. The largest absolute Gasteiger partial charge is 0.497 e. The molecule has 2 heterocycles. The zero-order valence-corrected chi connectivity index (χ0v) is 11.7. The number of aromatic nitrogens is 2. The maximum Gasteiger partial charge on any atom is 0.194 e. The fourth-order valence-corrected chi connectivity index (χ4v) is 3.20. The minimum absolute atomic E-state index is 0.487. The van der Waals surface area contributed by atoms with Gasteiger partial charge in [0.1, 0.15) is 5.75 Å². The van der Waals surface area contributed by atoms with Gasteiger partial charge in [0.2, 0.25) is 0 Å². The van der Waals surface area contributed by atoms with Gasteiger partial charge in [-0.2, -0.15) is 0 Å². The van der Waals surface area contributed by atoms with Gasteiger partial charge in [-0.15, -0.1) is 11.3 Å². The van der Waals surface area contributed by atoms with Gasteiger partial charge in [-0.05, 0) is 19.1 Å². The Labute approximate surface area is 115 Å². The second-order valence-corrected chi connectivity index (χ2v) is 5.16. The van der Waals surface area contributed by atoms with Gasteiger partial charge in [0.05, 0.1) is 24.2 Å². The number of thiazole rings is 1. The highest BCUT2D eigenvalue weighted by atomic mass is 32.1. The molecule has 0 spiro atoms. The van der Waals surface area contributed by atoms with Gasteiger partial charge in [-0.25, -0.2) is 4.98 Å². The average molecular weight is 273 g/mol. The van der Waals surface area contributed by atoms with E-state index in [1.165, 1.54) is 0 Å². The molecule has 3 rings (SSSR count). The van der Waals surface area contributed by atoms with Crippen LogP contribution in [0.5, 0.6) is 5.75 Å². The van der Waals surface area contributed by atoms with Crippen molar-refractivity contribution in [3.05, 3.63) is 41.0 Å². The van der Waals surface area contributed by atoms with E-state index in [4.69, 9.17) is 10.5 Å². The number of hydrogen-bond acceptors (Lipinski definition) is 4. The van der Waals surface area contributed by atoms with Gasteiger partial charge in [-0.1, -0.05) is 12.1 Å². The Bertz CT molecular complexity index is 729. The van der Waals surface area contributed by atoms with Crippen molar-refractivity contribution in [3.8, 4) is 17.0 Å². The fraction of sp³-hybridized carbons (Fsp3) is 0.214. The van der Waals surface area contributed by atoms with Crippen LogP contribution in [0.3, 0.4) is 0 Å². The monoisotopic (exact) mass is 273 g/mol. The number of benzene rings is 1. The highest BCUT2D eigenvalue weighted by molar-refractivity contribution is 7.15. The number of imidazole rings is 1. The predicted octanol–water partition coefficient (Wildman–Crippen LogP) is 2.84. The van der Waals surface area contributed by atoms with Gasteiger partial charge in [0, 0.05) is 17.5 Å². The normalized spacial score (nSPS) is 11.1. The van der Waals surface area contributed by atoms with Gasteiger partial charge < -0.3 is 10.5 Å². The number of fused-ring (bicyclic) bond motifs is 1. The molecule has 0 aliphatic rings. The maximum atomic E-state index is 5.84. The highest BCUT2D eigenvalue weighted by Gasteiger charge is 2.14. The summed E-state index contributed by atoms with van der Waals surface area (Å²) < 4.78 is 7.41. The van der Waals surface area contributed by atoms with Crippen LogP contribution in [-0.2, 0) is 6.54 Å². The number of methoxy groups -OCH3 is 1. The lowest BCUT2D eigenvalue weighted by Crippen LogP contribution is -2.03. The third-order valence-electron chi connectivity index (χ3n) is 3.22. The van der Waals surface area contributed by atoms with E-state index in [0.717, 1.165) is 33.4 Å². The summed E-state index contributed by atoms with van der Waals surface area (Å²) in [6, 6.07) is 8.02. The maximum absolute atomic E-state index is 5.84. The molecule has 0 fully saturated rings. The summed E-state index contributed by atoms with van der Waals surface area (Å²) >= 11 is 1.63. The number of nitrogens with two attached hydrogens (primary N) is 1. The molecule has 0 atom stereocenters. The van der Waals surface area contributed by atoms with Crippen LogP contribution in [0.15, 0.2) is 29.6 Å². The van der Waals surface area contributed by atoms with Crippen molar-refractivity contribution in [1.82, 2.24) is 9.38 Å². The Morgan fingerprint density at radius 3 is 3.00 bits per heavy atom. The number of aryl methyl sites for hydroxylation is 1. The molecule has 0 unspecified atom stereocenters. The second kappa shape index (κ2) is 4.68. The topological polar surface area (TPSA) is 52.5 Å². The summed E-state index contributed by atoms with van der Waals surface area (Å²) in [6.07, 6.45) is 0. The number of hydrogen-bond donors (Lipinski definition) is 1. The summed E-state index contributed by atoms with van der Waals surface area (Å²) in [6.45, 7) is 2.48. The van der Waals surface area contributed by atoms with E-state index in [9.17, 15) is 0 Å². The molecule has 0 amide bonds. The van der Waals surface area contributed by atoms with Crippen molar-refractivity contribution < 1.29 is 4.74 Å². The first-order valence-corrected chi connectivity index (χ1v) is 6.92. The van der Waals surface area contributed by atoms with E-state index in [0.29, 0.717) is 6.54 Å². The first-order valence-electron chi connectivity index (χ1n) is 6.04. The molecule has 0 aliphatic heterocycles. The summed E-state index contributed by atoms with van der Waals surface area (Å²) in [5.74, 6) is 0.850. The lowest BCUT2D eigenvalue weighted by Gasteiger charge is -2.05. The van der Waals surface area contributed by atoms with Crippen molar-refractivity contribution in [2.24, 2.45) is 5.73 Å². The number of nitrogens with zero attached hydrogens (tertiary/aromatic N) is 2. The Hall–Kier alpha value is -1.85. The van der Waals surface area contributed by atoms with Gasteiger partial charge in [0.15, 0.2) is 4.96 Å². The predicted molar refractivity (Wildman–Crippen MR) is 77.7 cm³/mol. The highest BCUT2D eigenvalue weighted by Crippen LogP contribution is 2.30. The zero-order chi connectivity index (χ0) is 13.4. The van der Waals surface area contributed by atoms with Crippen LogP contribution in [-0.4, -0.2) is 16.5 Å². The first-order chi connectivity index (χ1) is 9.24. The van der Waals surface area contributed by atoms with Crippen molar-refractivity contribution in [1.29, 1.82) is 0 Å². The Morgan fingerprint density at radius 1 is 1.42 bits per heavy atom. The minimum atomic E-state index is 0.487. The molecule has 3 aromatic rings. The smallest absolute Gasteiger partial charge is 0.194 e. The molecule has 98 valence electrons. The van der Waals surface area contributed by atoms with Crippen molar-refractivity contribution in [3.63, 3.8) is 0 Å². The molecule has 1 aromatic carbocycles. The van der Waals surface area contributed by atoms with Crippen molar-refractivity contribution in [2.75, 3.05) is 7.11 Å². The van der Waals surface area contributed by atoms with Crippen LogP contribution >= 0.6 is 11.3 Å². The summed E-state index contributed by atoms with van der Waals surface area (Å²) in [7, 11) is 1.68. The van der Waals surface area contributed by atoms with E-state index in [-0.39, 0.29) is 0 Å². The van der Waals surface area contributed by atoms with Crippen molar-refractivity contribution in [2.45, 2.75) is 13.5 Å². The summed E-state index contributed by atoms with van der Waals surface area (Å²) in [5.41, 5.74) is 10.1. The minimum Gasteiger partial charge on any atom is -0.497 e. The van der Waals surface area contributed by atoms with Crippen LogP contribution in [0.4, 0.5) is 0 Å². The lowest BCUT2D eigenvalue weighted by atomic mass is 10.1. The van der Waals surface area contributed by atoms with E-state index in [1.54, 1.807) is 18.4 Å². The Balaban J connectivity index is 2.24. The van der Waals surface area contributed by atoms with Gasteiger partial charge >= 0.3 is 0 Å². The Morgan fingerprint density at radius 2 is 2.26 bits per heavy atom. The van der Waals surface area contributed by atoms with Gasteiger partial charge in [0.25, 0.3) is 0 Å². The molecule has 0 bridgehead atoms. The second-order valence-electron chi connectivity index (χ2n) is 4.32. The van der Waals surface area contributed by atoms with Gasteiger partial charge in [-0.3, -0.25) is 4.40 Å². The molecule has 4 nitrogen and oxygen atoms in total.